The van der Waals surface area contributed by atoms with Gasteiger partial charge in [0.05, 0.1) is 0 Å². The van der Waals surface area contributed by atoms with Crippen molar-refractivity contribution in [2.24, 2.45) is 0 Å². The van der Waals surface area contributed by atoms with E-state index in [2.05, 4.69) is 66.7 Å². The average Bonchev–Trinajstić information content (AvgIpc) is 2.99. The van der Waals surface area contributed by atoms with Crippen LogP contribution < -0.4 is 0 Å². The summed E-state index contributed by atoms with van der Waals surface area (Å²) in [5.41, 5.74) is 9.58. The Balaban J connectivity index is 1.42. The maximum atomic E-state index is 11.7. The van der Waals surface area contributed by atoms with E-state index in [1.54, 1.807) is 0 Å². The molecule has 1 aliphatic carbocycles. The molecule has 2 N–H and O–H groups in total. The number of rotatable bonds is 3. The first kappa shape index (κ1) is 22.7. The van der Waals surface area contributed by atoms with Crippen molar-refractivity contribution >= 4 is 10.8 Å². The first-order valence-electron chi connectivity index (χ1n) is 13.0. The van der Waals surface area contributed by atoms with Gasteiger partial charge < -0.3 is 10.2 Å². The van der Waals surface area contributed by atoms with Crippen LogP contribution in [0, 0.1) is 0 Å². The van der Waals surface area contributed by atoms with E-state index in [9.17, 15) is 10.2 Å². The SMILES string of the molecule is OC1c2cc3ccccc3cc2C(O)c2c(-c3ccc(-c4ccccc4)c(-c4ccccc4)c3)cccc21. The largest absolute Gasteiger partial charge is 0.384 e. The molecule has 182 valence electrons. The standard InChI is InChI=1S/C36H26O2/c37-35-30-17-9-16-29(34(30)36(38)33-21-26-15-8-7-14-25(26)20-32(33)35)27-18-19-28(23-10-3-1-4-11-23)31(22-27)24-12-5-2-6-13-24/h1-22,35-38H. The van der Waals surface area contributed by atoms with Gasteiger partial charge in [0.15, 0.2) is 0 Å². The Hall–Kier alpha value is -4.50. The van der Waals surface area contributed by atoms with Gasteiger partial charge in [-0.2, -0.15) is 0 Å². The van der Waals surface area contributed by atoms with Gasteiger partial charge in [0.2, 0.25) is 0 Å². The first-order valence-corrected chi connectivity index (χ1v) is 13.0. The second-order valence-electron chi connectivity index (χ2n) is 9.93. The molecule has 6 aromatic carbocycles. The van der Waals surface area contributed by atoms with Crippen molar-refractivity contribution in [3.05, 3.63) is 156 Å². The van der Waals surface area contributed by atoms with Gasteiger partial charge in [0, 0.05) is 0 Å². The van der Waals surface area contributed by atoms with Crippen LogP contribution in [0.25, 0.3) is 44.2 Å². The average molecular weight is 491 g/mol. The van der Waals surface area contributed by atoms with E-state index in [4.69, 9.17) is 0 Å². The van der Waals surface area contributed by atoms with Crippen LogP contribution in [0.3, 0.4) is 0 Å². The summed E-state index contributed by atoms with van der Waals surface area (Å²) in [5, 5.41) is 25.3. The van der Waals surface area contributed by atoms with Crippen LogP contribution in [0.15, 0.2) is 133 Å². The second-order valence-corrected chi connectivity index (χ2v) is 9.93. The maximum Gasteiger partial charge on any atom is 0.105 e. The van der Waals surface area contributed by atoms with E-state index in [0.717, 1.165) is 66.4 Å². The smallest absolute Gasteiger partial charge is 0.105 e. The Morgan fingerprint density at radius 2 is 0.947 bits per heavy atom. The van der Waals surface area contributed by atoms with Crippen LogP contribution in [-0.4, -0.2) is 10.2 Å². The molecule has 2 atom stereocenters. The molecule has 6 aromatic rings. The molecule has 0 heterocycles. The van der Waals surface area contributed by atoms with Gasteiger partial charge in [0.25, 0.3) is 0 Å². The van der Waals surface area contributed by atoms with Crippen molar-refractivity contribution in [3.63, 3.8) is 0 Å². The third-order valence-corrected chi connectivity index (χ3v) is 7.75. The zero-order valence-electron chi connectivity index (χ0n) is 20.8. The number of aliphatic hydroxyl groups is 2. The van der Waals surface area contributed by atoms with E-state index < -0.39 is 12.2 Å². The van der Waals surface area contributed by atoms with Crippen LogP contribution in [0.2, 0.25) is 0 Å². The molecule has 0 aromatic heterocycles. The highest BCUT2D eigenvalue weighted by atomic mass is 16.3. The summed E-state index contributed by atoms with van der Waals surface area (Å²) in [6, 6.07) is 45.4. The Morgan fingerprint density at radius 3 is 1.61 bits per heavy atom. The third kappa shape index (κ3) is 3.66. The van der Waals surface area contributed by atoms with E-state index in [1.165, 1.54) is 0 Å². The van der Waals surface area contributed by atoms with Gasteiger partial charge in [-0.25, -0.2) is 0 Å². The van der Waals surface area contributed by atoms with Gasteiger partial charge in [-0.15, -0.1) is 0 Å². The quantitative estimate of drug-likeness (QED) is 0.262. The van der Waals surface area contributed by atoms with Crippen molar-refractivity contribution in [2.45, 2.75) is 12.2 Å². The fraction of sp³-hybridized carbons (Fsp3) is 0.0556. The van der Waals surface area contributed by atoms with E-state index >= 15 is 0 Å². The highest BCUT2D eigenvalue weighted by Gasteiger charge is 2.32. The fourth-order valence-corrected chi connectivity index (χ4v) is 5.89. The zero-order valence-corrected chi connectivity index (χ0v) is 20.8. The molecule has 0 amide bonds. The molecule has 0 bridgehead atoms. The minimum atomic E-state index is -0.835. The van der Waals surface area contributed by atoms with Crippen LogP contribution in [0.4, 0.5) is 0 Å². The van der Waals surface area contributed by atoms with Crippen molar-refractivity contribution in [3.8, 4) is 33.4 Å². The zero-order chi connectivity index (χ0) is 25.6. The van der Waals surface area contributed by atoms with Crippen molar-refractivity contribution in [2.75, 3.05) is 0 Å². The van der Waals surface area contributed by atoms with Crippen molar-refractivity contribution in [1.29, 1.82) is 0 Å². The van der Waals surface area contributed by atoms with Gasteiger partial charge in [0.1, 0.15) is 12.2 Å². The topological polar surface area (TPSA) is 40.5 Å². The lowest BCUT2D eigenvalue weighted by Crippen LogP contribution is -2.19. The summed E-state index contributed by atoms with van der Waals surface area (Å²) in [5.74, 6) is 0. The molecule has 0 radical (unpaired) electrons. The highest BCUT2D eigenvalue weighted by Crippen LogP contribution is 2.47. The van der Waals surface area contributed by atoms with Gasteiger partial charge >= 0.3 is 0 Å². The van der Waals surface area contributed by atoms with Crippen molar-refractivity contribution in [1.82, 2.24) is 0 Å². The molecule has 2 heteroatoms. The lowest BCUT2D eigenvalue weighted by atomic mass is 9.77. The predicted octanol–water partition coefficient (Wildman–Crippen LogP) is 8.32. The summed E-state index contributed by atoms with van der Waals surface area (Å²) in [7, 11) is 0. The summed E-state index contributed by atoms with van der Waals surface area (Å²) in [4.78, 5) is 0. The molecule has 7 rings (SSSR count). The summed E-state index contributed by atoms with van der Waals surface area (Å²) < 4.78 is 0. The number of hydrogen-bond acceptors (Lipinski definition) is 2. The minimum absolute atomic E-state index is 0.756. The Bertz CT molecular complexity index is 1790. The molecule has 0 aliphatic heterocycles. The lowest BCUT2D eigenvalue weighted by molar-refractivity contribution is 0.174. The molecular formula is C36H26O2. The number of hydrogen-bond donors (Lipinski definition) is 2. The highest BCUT2D eigenvalue weighted by molar-refractivity contribution is 5.89. The van der Waals surface area contributed by atoms with E-state index in [1.807, 2.05) is 66.7 Å². The van der Waals surface area contributed by atoms with Gasteiger partial charge in [-0.1, -0.05) is 115 Å². The molecule has 0 fully saturated rings. The minimum Gasteiger partial charge on any atom is -0.384 e. The van der Waals surface area contributed by atoms with Gasteiger partial charge in [-0.3, -0.25) is 0 Å². The molecule has 0 spiro atoms. The molecule has 2 unspecified atom stereocenters. The molecule has 38 heavy (non-hydrogen) atoms. The molecule has 1 aliphatic rings. The van der Waals surface area contributed by atoms with E-state index in [0.29, 0.717) is 0 Å². The van der Waals surface area contributed by atoms with E-state index in [-0.39, 0.29) is 0 Å². The first-order chi connectivity index (χ1) is 18.7. The lowest BCUT2D eigenvalue weighted by Gasteiger charge is -2.31. The Labute approximate surface area is 222 Å². The van der Waals surface area contributed by atoms with Crippen LogP contribution >= 0.6 is 0 Å². The predicted molar refractivity (Wildman–Crippen MR) is 155 cm³/mol. The molecular weight excluding hydrogens is 464 g/mol. The number of fused-ring (bicyclic) bond motifs is 3. The summed E-state index contributed by atoms with van der Waals surface area (Å²) in [6.07, 6.45) is -1.64. The van der Waals surface area contributed by atoms with Crippen molar-refractivity contribution < 1.29 is 10.2 Å². The fourth-order valence-electron chi connectivity index (χ4n) is 5.89. The molecule has 0 saturated carbocycles. The van der Waals surface area contributed by atoms with Gasteiger partial charge in [-0.05, 0) is 84.6 Å². The van der Waals surface area contributed by atoms with Crippen LogP contribution in [-0.2, 0) is 0 Å². The molecule has 0 saturated heterocycles. The maximum absolute atomic E-state index is 11.7. The monoisotopic (exact) mass is 490 g/mol. The third-order valence-electron chi connectivity index (χ3n) is 7.75. The summed E-state index contributed by atoms with van der Waals surface area (Å²) >= 11 is 0. The summed E-state index contributed by atoms with van der Waals surface area (Å²) in [6.45, 7) is 0. The second kappa shape index (κ2) is 9.11. The number of benzene rings is 6. The van der Waals surface area contributed by atoms with Crippen LogP contribution in [0.5, 0.6) is 0 Å². The molecule has 2 nitrogen and oxygen atoms in total. The normalized spacial score (nSPS) is 16.2. The Kier molecular flexibility index (Phi) is 5.44. The number of aliphatic hydroxyl groups excluding tert-OH is 2. The Morgan fingerprint density at radius 1 is 0.368 bits per heavy atom. The van der Waals surface area contributed by atoms with Crippen LogP contribution in [0.1, 0.15) is 34.5 Å².